The van der Waals surface area contributed by atoms with Crippen molar-refractivity contribution in [3.05, 3.63) is 23.3 Å². The number of benzene rings is 1. The number of rotatable bonds is 3. The van der Waals surface area contributed by atoms with Gasteiger partial charge in [0.25, 0.3) is 0 Å². The Morgan fingerprint density at radius 3 is 2.81 bits per heavy atom. The van der Waals surface area contributed by atoms with Gasteiger partial charge in [-0.05, 0) is 32.4 Å². The van der Waals surface area contributed by atoms with Gasteiger partial charge in [0.1, 0.15) is 10.8 Å². The summed E-state index contributed by atoms with van der Waals surface area (Å²) in [6, 6.07) is 4.14. The molecule has 0 aliphatic rings. The van der Waals surface area contributed by atoms with E-state index in [0.717, 1.165) is 33.8 Å². The molecule has 1 aromatic carbocycles. The molecule has 0 aliphatic carbocycles. The Kier molecular flexibility index (Phi) is 3.29. The lowest BCUT2D eigenvalue weighted by Gasteiger charge is -2.02. The van der Waals surface area contributed by atoms with Gasteiger partial charge < -0.3 is 10.1 Å². The summed E-state index contributed by atoms with van der Waals surface area (Å²) in [6.45, 7) is 5.66. The van der Waals surface area contributed by atoms with Crippen molar-refractivity contribution in [1.82, 2.24) is 20.2 Å². The van der Waals surface area contributed by atoms with E-state index >= 15 is 0 Å². The van der Waals surface area contributed by atoms with Crippen LogP contribution in [0.25, 0.3) is 22.1 Å². The van der Waals surface area contributed by atoms with Crippen LogP contribution in [0.2, 0.25) is 0 Å². The van der Waals surface area contributed by atoms with Gasteiger partial charge >= 0.3 is 5.97 Å². The monoisotopic (exact) mass is 302 g/mol. The van der Waals surface area contributed by atoms with Crippen LogP contribution in [0.5, 0.6) is 0 Å². The van der Waals surface area contributed by atoms with Crippen LogP contribution in [0.3, 0.4) is 0 Å². The molecule has 0 spiro atoms. The number of hydrogen-bond donors (Lipinski definition) is 2. The van der Waals surface area contributed by atoms with Crippen molar-refractivity contribution in [3.8, 4) is 0 Å². The average molecular weight is 302 g/mol. The number of nitrogens with one attached hydrogen (secondary N) is 1. The summed E-state index contributed by atoms with van der Waals surface area (Å²) in [4.78, 5) is 18.5. The normalized spacial score (nSPS) is 12.9. The topological polar surface area (TPSA) is 91.8 Å². The molecule has 0 saturated heterocycles. The van der Waals surface area contributed by atoms with Gasteiger partial charge in [-0.1, -0.05) is 23.4 Å². The van der Waals surface area contributed by atoms with Crippen LogP contribution in [0.15, 0.2) is 17.3 Å². The van der Waals surface area contributed by atoms with Crippen molar-refractivity contribution < 1.29 is 9.90 Å². The van der Waals surface area contributed by atoms with E-state index in [4.69, 9.17) is 5.11 Å². The summed E-state index contributed by atoms with van der Waals surface area (Å²) in [5.74, 6) is -0.896. The lowest BCUT2D eigenvalue weighted by Crippen LogP contribution is -2.12. The Morgan fingerprint density at radius 2 is 2.10 bits per heavy atom. The maximum atomic E-state index is 10.9. The van der Waals surface area contributed by atoms with E-state index in [1.165, 1.54) is 0 Å². The highest BCUT2D eigenvalue weighted by Gasteiger charge is 2.16. The SMILES string of the molecule is Cc1cc(C)c2[nH]c3nc(S[C@H](C)C(=O)O)nnc3c2c1. The Morgan fingerprint density at radius 1 is 1.33 bits per heavy atom. The largest absolute Gasteiger partial charge is 0.480 e. The number of carboxylic acids is 1. The average Bonchev–Trinajstić information content (AvgIpc) is 2.77. The first kappa shape index (κ1) is 13.8. The summed E-state index contributed by atoms with van der Waals surface area (Å²) in [7, 11) is 0. The predicted octanol–water partition coefficient (Wildman–Crippen LogP) is 2.69. The second-order valence-electron chi connectivity index (χ2n) is 5.02. The number of H-pyrrole nitrogens is 1. The van der Waals surface area contributed by atoms with Crippen molar-refractivity contribution in [2.24, 2.45) is 0 Å². The molecule has 2 N–H and O–H groups in total. The number of carboxylic acid groups (broad SMARTS) is 1. The predicted molar refractivity (Wildman–Crippen MR) is 81.6 cm³/mol. The van der Waals surface area contributed by atoms with E-state index in [1.54, 1.807) is 6.92 Å². The lowest BCUT2D eigenvalue weighted by atomic mass is 10.1. The van der Waals surface area contributed by atoms with E-state index in [0.29, 0.717) is 16.3 Å². The van der Waals surface area contributed by atoms with Gasteiger partial charge in [0, 0.05) is 5.39 Å². The maximum Gasteiger partial charge on any atom is 0.316 e. The highest BCUT2D eigenvalue weighted by Crippen LogP contribution is 2.27. The highest BCUT2D eigenvalue weighted by atomic mass is 32.2. The zero-order valence-corrected chi connectivity index (χ0v) is 12.7. The number of aromatic amines is 1. The Bertz CT molecular complexity index is 859. The van der Waals surface area contributed by atoms with Crippen LogP contribution in [-0.2, 0) is 4.79 Å². The van der Waals surface area contributed by atoms with Crippen LogP contribution in [0, 0.1) is 13.8 Å². The van der Waals surface area contributed by atoms with Crippen LogP contribution < -0.4 is 0 Å². The number of aryl methyl sites for hydroxylation is 2. The van der Waals surface area contributed by atoms with Gasteiger partial charge in [-0.2, -0.15) is 0 Å². The minimum atomic E-state index is -0.896. The lowest BCUT2D eigenvalue weighted by molar-refractivity contribution is -0.136. The third-order valence-electron chi connectivity index (χ3n) is 3.28. The third-order valence-corrected chi connectivity index (χ3v) is 4.21. The molecular weight excluding hydrogens is 288 g/mol. The molecule has 0 aliphatic heterocycles. The molecule has 108 valence electrons. The number of aliphatic carboxylic acids is 1. The van der Waals surface area contributed by atoms with Crippen molar-refractivity contribution >= 4 is 39.8 Å². The minimum Gasteiger partial charge on any atom is -0.480 e. The number of aromatic nitrogens is 4. The molecule has 21 heavy (non-hydrogen) atoms. The van der Waals surface area contributed by atoms with E-state index in [2.05, 4.69) is 26.2 Å². The van der Waals surface area contributed by atoms with Crippen molar-refractivity contribution in [2.75, 3.05) is 0 Å². The fourth-order valence-electron chi connectivity index (χ4n) is 2.28. The first-order valence-electron chi connectivity index (χ1n) is 6.48. The van der Waals surface area contributed by atoms with E-state index in [1.807, 2.05) is 19.9 Å². The molecule has 0 amide bonds. The summed E-state index contributed by atoms with van der Waals surface area (Å²) < 4.78 is 0. The number of hydrogen-bond acceptors (Lipinski definition) is 5. The van der Waals surface area contributed by atoms with Gasteiger partial charge in [0.2, 0.25) is 5.16 Å². The van der Waals surface area contributed by atoms with Crippen molar-refractivity contribution in [3.63, 3.8) is 0 Å². The second-order valence-corrected chi connectivity index (χ2v) is 6.33. The molecule has 0 saturated carbocycles. The molecule has 0 radical (unpaired) electrons. The van der Waals surface area contributed by atoms with E-state index < -0.39 is 11.2 Å². The standard InChI is InChI=1S/C14H14N4O2S/c1-6-4-7(2)10-9(5-6)11-12(15-10)16-14(18-17-11)21-8(3)13(19)20/h4-5,8H,1-3H3,(H,19,20)(H,15,16,18)/t8-/m1/s1. The molecule has 7 heteroatoms. The summed E-state index contributed by atoms with van der Waals surface area (Å²) in [5, 5.41) is 17.9. The zero-order chi connectivity index (χ0) is 15.1. The molecular formula is C14H14N4O2S. The molecule has 3 aromatic rings. The van der Waals surface area contributed by atoms with Crippen molar-refractivity contribution in [2.45, 2.75) is 31.2 Å². The number of fused-ring (bicyclic) bond motifs is 3. The Labute approximate surface area is 125 Å². The van der Waals surface area contributed by atoms with Crippen LogP contribution >= 0.6 is 11.8 Å². The first-order valence-corrected chi connectivity index (χ1v) is 7.36. The quantitative estimate of drug-likeness (QED) is 0.723. The van der Waals surface area contributed by atoms with Gasteiger partial charge in [-0.25, -0.2) is 4.98 Å². The summed E-state index contributed by atoms with van der Waals surface area (Å²) in [6.07, 6.45) is 0. The van der Waals surface area contributed by atoms with Gasteiger partial charge in [-0.3, -0.25) is 4.79 Å². The van der Waals surface area contributed by atoms with Crippen molar-refractivity contribution in [1.29, 1.82) is 0 Å². The van der Waals surface area contributed by atoms with E-state index in [9.17, 15) is 4.79 Å². The molecule has 0 bridgehead atoms. The van der Waals surface area contributed by atoms with E-state index in [-0.39, 0.29) is 0 Å². The van der Waals surface area contributed by atoms with Gasteiger partial charge in [-0.15, -0.1) is 10.2 Å². The molecule has 0 fully saturated rings. The minimum absolute atomic E-state index is 0.360. The first-order chi connectivity index (χ1) is 9.95. The molecule has 6 nitrogen and oxygen atoms in total. The fraction of sp³-hybridized carbons (Fsp3) is 0.286. The smallest absolute Gasteiger partial charge is 0.316 e. The maximum absolute atomic E-state index is 10.9. The van der Waals surface area contributed by atoms with Crippen LogP contribution in [0.4, 0.5) is 0 Å². The Hall–Kier alpha value is -2.15. The third kappa shape index (κ3) is 2.44. The molecule has 2 aromatic heterocycles. The summed E-state index contributed by atoms with van der Waals surface area (Å²) in [5.41, 5.74) is 4.61. The van der Waals surface area contributed by atoms with Crippen LogP contribution in [-0.4, -0.2) is 36.5 Å². The number of thioether (sulfide) groups is 1. The number of carbonyl (C=O) groups is 1. The van der Waals surface area contributed by atoms with Gasteiger partial charge in [0.05, 0.1) is 5.52 Å². The molecule has 0 unspecified atom stereocenters. The summed E-state index contributed by atoms with van der Waals surface area (Å²) >= 11 is 1.08. The van der Waals surface area contributed by atoms with Crippen LogP contribution in [0.1, 0.15) is 18.1 Å². The molecule has 1 atom stereocenters. The second kappa shape index (κ2) is 5.00. The highest BCUT2D eigenvalue weighted by molar-refractivity contribution is 8.00. The zero-order valence-electron chi connectivity index (χ0n) is 11.8. The van der Waals surface area contributed by atoms with Gasteiger partial charge in [0.15, 0.2) is 5.65 Å². The molecule has 2 heterocycles. The Balaban J connectivity index is 2.12. The molecule has 3 rings (SSSR count). The fourth-order valence-corrected chi connectivity index (χ4v) is 2.93. The number of nitrogens with zero attached hydrogens (tertiary/aromatic N) is 3.